The minimum atomic E-state index is -0.505. The number of para-hydroxylation sites is 1. The fourth-order valence-electron chi connectivity index (χ4n) is 4.59. The lowest BCUT2D eigenvalue weighted by Crippen LogP contribution is -3.28. The van der Waals surface area contributed by atoms with Crippen molar-refractivity contribution in [2.75, 3.05) is 51.9 Å². The van der Waals surface area contributed by atoms with E-state index < -0.39 is 5.97 Å². The number of aromatic amines is 1. The minimum Gasteiger partial charge on any atom is -0.464 e. The van der Waals surface area contributed by atoms with Crippen molar-refractivity contribution in [2.45, 2.75) is 6.54 Å². The van der Waals surface area contributed by atoms with Gasteiger partial charge in [-0.15, -0.1) is 0 Å². The number of H-pyrrole nitrogens is 1. The predicted octanol–water partition coefficient (Wildman–Crippen LogP) is -0.395. The highest BCUT2D eigenvalue weighted by Gasteiger charge is 2.27. The number of hydrogen-bond donors (Lipinski definition) is 4. The van der Waals surface area contributed by atoms with E-state index in [1.54, 1.807) is 0 Å². The molecule has 1 aromatic heterocycles. The van der Waals surface area contributed by atoms with E-state index in [2.05, 4.69) is 22.4 Å². The smallest absolute Gasteiger partial charge is 0.356 e. The lowest BCUT2D eigenvalue weighted by molar-refractivity contribution is -1.02. The van der Waals surface area contributed by atoms with Crippen LogP contribution >= 0.6 is 0 Å². The fraction of sp³-hybridized carbons (Fsp3) is 0.333. The molecule has 5 rings (SSSR count). The molecule has 1 fully saturated rings. The SMILES string of the molecule is COC(=O)c1[nH]c2ccccc2c1NC(=O)C[NH+]1CC[NH+](Cc2ccc3c(c2)OCO3)CC1. The van der Waals surface area contributed by atoms with Gasteiger partial charge >= 0.3 is 5.97 Å². The number of carbonyl (C=O) groups excluding carboxylic acids is 2. The number of fused-ring (bicyclic) bond motifs is 2. The third-order valence-corrected chi connectivity index (χ3v) is 6.33. The quantitative estimate of drug-likeness (QED) is 0.382. The summed E-state index contributed by atoms with van der Waals surface area (Å²) in [5.41, 5.74) is 2.75. The van der Waals surface area contributed by atoms with Crippen molar-refractivity contribution in [3.63, 3.8) is 0 Å². The van der Waals surface area contributed by atoms with Gasteiger partial charge in [-0.3, -0.25) is 4.79 Å². The molecule has 2 aromatic carbocycles. The average Bonchev–Trinajstić information content (AvgIpc) is 3.44. The molecule has 0 atom stereocenters. The number of ether oxygens (including phenoxy) is 3. The highest BCUT2D eigenvalue weighted by Crippen LogP contribution is 2.32. The Bertz CT molecular complexity index is 1180. The van der Waals surface area contributed by atoms with Crippen molar-refractivity contribution in [1.29, 1.82) is 0 Å². The molecule has 0 saturated carbocycles. The van der Waals surface area contributed by atoms with Gasteiger partial charge in [0.15, 0.2) is 18.0 Å². The van der Waals surface area contributed by atoms with Crippen LogP contribution in [0.2, 0.25) is 0 Å². The van der Waals surface area contributed by atoms with Gasteiger partial charge in [-0.05, 0) is 24.3 Å². The molecule has 2 aliphatic rings. The molecule has 9 heteroatoms. The normalized spacial score (nSPS) is 19.4. The molecule has 0 unspecified atom stereocenters. The van der Waals surface area contributed by atoms with Crippen LogP contribution in [0.5, 0.6) is 11.5 Å². The van der Waals surface area contributed by atoms with Crippen molar-refractivity contribution < 1.29 is 33.6 Å². The molecule has 1 saturated heterocycles. The number of carbonyl (C=O) groups is 2. The molecule has 2 aliphatic heterocycles. The summed E-state index contributed by atoms with van der Waals surface area (Å²) in [6, 6.07) is 13.6. The van der Waals surface area contributed by atoms with E-state index in [1.165, 1.54) is 22.5 Å². The Morgan fingerprint density at radius 1 is 1.03 bits per heavy atom. The second-order valence-electron chi connectivity index (χ2n) is 8.50. The van der Waals surface area contributed by atoms with Crippen molar-refractivity contribution in [3.05, 3.63) is 53.7 Å². The molecule has 0 bridgehead atoms. The maximum Gasteiger partial charge on any atom is 0.356 e. The summed E-state index contributed by atoms with van der Waals surface area (Å²) in [7, 11) is 1.33. The predicted molar refractivity (Wildman–Crippen MR) is 121 cm³/mol. The van der Waals surface area contributed by atoms with Gasteiger partial charge in [0.2, 0.25) is 6.79 Å². The van der Waals surface area contributed by atoms with Gasteiger partial charge < -0.3 is 34.3 Å². The maximum atomic E-state index is 12.8. The van der Waals surface area contributed by atoms with Crippen LogP contribution < -0.4 is 24.6 Å². The van der Waals surface area contributed by atoms with Gasteiger partial charge in [-0.1, -0.05) is 18.2 Å². The Balaban J connectivity index is 1.17. The molecular weight excluding hydrogens is 424 g/mol. The minimum absolute atomic E-state index is 0.112. The molecule has 0 radical (unpaired) electrons. The van der Waals surface area contributed by atoms with E-state index in [-0.39, 0.29) is 18.4 Å². The van der Waals surface area contributed by atoms with Gasteiger partial charge in [0.05, 0.1) is 12.8 Å². The number of aromatic nitrogens is 1. The summed E-state index contributed by atoms with van der Waals surface area (Å²) in [6.07, 6.45) is 0. The van der Waals surface area contributed by atoms with E-state index in [9.17, 15) is 9.59 Å². The second kappa shape index (κ2) is 9.13. The summed E-state index contributed by atoms with van der Waals surface area (Å²) >= 11 is 0. The summed E-state index contributed by atoms with van der Waals surface area (Å²) < 4.78 is 15.7. The van der Waals surface area contributed by atoms with Gasteiger partial charge in [0, 0.05) is 16.5 Å². The molecular formula is C24H28N4O5+2. The Kier molecular flexibility index (Phi) is 5.89. The van der Waals surface area contributed by atoms with Crippen LogP contribution in [0, 0.1) is 0 Å². The van der Waals surface area contributed by atoms with Crippen molar-refractivity contribution in [1.82, 2.24) is 4.98 Å². The van der Waals surface area contributed by atoms with E-state index >= 15 is 0 Å². The molecule has 33 heavy (non-hydrogen) atoms. The van der Waals surface area contributed by atoms with Gasteiger partial charge in [-0.25, -0.2) is 4.79 Å². The number of rotatable bonds is 6. The van der Waals surface area contributed by atoms with Crippen molar-refractivity contribution in [2.24, 2.45) is 0 Å². The topological polar surface area (TPSA) is 98.5 Å². The Labute approximate surface area is 191 Å². The maximum absolute atomic E-state index is 12.8. The number of piperazine rings is 1. The molecule has 3 heterocycles. The summed E-state index contributed by atoms with van der Waals surface area (Å²) in [6.45, 7) is 5.35. The third kappa shape index (κ3) is 4.50. The number of anilines is 1. The van der Waals surface area contributed by atoms with E-state index in [4.69, 9.17) is 14.2 Å². The fourth-order valence-corrected chi connectivity index (χ4v) is 4.59. The molecule has 4 N–H and O–H groups in total. The standard InChI is InChI=1S/C24H26N4O5/c1-31-24(30)23-22(17-4-2-3-5-18(17)25-23)26-21(29)14-28-10-8-27(9-11-28)13-16-6-7-19-20(12-16)33-15-32-19/h2-7,12,25H,8-11,13-15H2,1H3,(H,26,29)/p+2. The largest absolute Gasteiger partial charge is 0.464 e. The van der Waals surface area contributed by atoms with Crippen LogP contribution in [0.1, 0.15) is 16.1 Å². The number of nitrogens with one attached hydrogen (secondary N) is 4. The first-order valence-electron chi connectivity index (χ1n) is 11.2. The van der Waals surface area contributed by atoms with Gasteiger partial charge in [-0.2, -0.15) is 0 Å². The number of amides is 1. The number of methoxy groups -OCH3 is 1. The number of quaternary nitrogens is 2. The summed E-state index contributed by atoms with van der Waals surface area (Å²) in [5, 5.41) is 3.74. The number of esters is 1. The zero-order chi connectivity index (χ0) is 22.8. The Morgan fingerprint density at radius 2 is 1.79 bits per heavy atom. The van der Waals surface area contributed by atoms with E-state index in [0.717, 1.165) is 55.1 Å². The first-order valence-corrected chi connectivity index (χ1v) is 11.2. The van der Waals surface area contributed by atoms with Crippen LogP contribution in [0.3, 0.4) is 0 Å². The van der Waals surface area contributed by atoms with Crippen molar-refractivity contribution >= 4 is 28.5 Å². The first kappa shape index (κ1) is 21.3. The van der Waals surface area contributed by atoms with E-state index in [0.29, 0.717) is 12.2 Å². The number of hydrogen-bond acceptors (Lipinski definition) is 5. The van der Waals surface area contributed by atoms with E-state index in [1.807, 2.05) is 30.3 Å². The summed E-state index contributed by atoms with van der Waals surface area (Å²) in [5.74, 6) is 1.00. The van der Waals surface area contributed by atoms with Crippen LogP contribution in [0.15, 0.2) is 42.5 Å². The zero-order valence-corrected chi connectivity index (χ0v) is 18.5. The molecule has 0 spiro atoms. The average molecular weight is 453 g/mol. The lowest BCUT2D eigenvalue weighted by Gasteiger charge is -2.29. The Morgan fingerprint density at radius 3 is 2.61 bits per heavy atom. The first-order chi connectivity index (χ1) is 16.1. The molecule has 1 amide bonds. The molecule has 0 aliphatic carbocycles. The van der Waals surface area contributed by atoms with Gasteiger partial charge in [0.1, 0.15) is 38.4 Å². The highest BCUT2D eigenvalue weighted by molar-refractivity contribution is 6.11. The van der Waals surface area contributed by atoms with Gasteiger partial charge in [0.25, 0.3) is 5.91 Å². The second-order valence-corrected chi connectivity index (χ2v) is 8.50. The molecule has 9 nitrogen and oxygen atoms in total. The van der Waals surface area contributed by atoms with Crippen LogP contribution in [0.4, 0.5) is 5.69 Å². The third-order valence-electron chi connectivity index (χ3n) is 6.33. The number of benzene rings is 2. The summed E-state index contributed by atoms with van der Waals surface area (Å²) in [4.78, 5) is 30.8. The van der Waals surface area contributed by atoms with Crippen LogP contribution in [-0.2, 0) is 16.1 Å². The Hall–Kier alpha value is -3.56. The molecule has 172 valence electrons. The van der Waals surface area contributed by atoms with Crippen LogP contribution in [0.25, 0.3) is 10.9 Å². The van der Waals surface area contributed by atoms with Crippen molar-refractivity contribution in [3.8, 4) is 11.5 Å². The lowest BCUT2D eigenvalue weighted by atomic mass is 10.1. The monoisotopic (exact) mass is 452 g/mol. The van der Waals surface area contributed by atoms with Crippen LogP contribution in [-0.4, -0.2) is 63.5 Å². The zero-order valence-electron chi connectivity index (χ0n) is 18.5. The highest BCUT2D eigenvalue weighted by atomic mass is 16.7. The molecule has 3 aromatic rings.